The molecule has 0 aliphatic rings. The summed E-state index contributed by atoms with van der Waals surface area (Å²) < 4.78 is 5.09. The number of amides is 1. The molecule has 0 aliphatic carbocycles. The first-order valence-electron chi connectivity index (χ1n) is 6.11. The Labute approximate surface area is 117 Å². The van der Waals surface area contributed by atoms with Crippen molar-refractivity contribution >= 4 is 11.6 Å². The Morgan fingerprint density at radius 3 is 2.55 bits per heavy atom. The van der Waals surface area contributed by atoms with Gasteiger partial charge in [0, 0.05) is 6.20 Å². The molecule has 0 bridgehead atoms. The van der Waals surface area contributed by atoms with E-state index >= 15 is 0 Å². The van der Waals surface area contributed by atoms with E-state index in [0.29, 0.717) is 11.4 Å². The summed E-state index contributed by atoms with van der Waals surface area (Å²) in [5.41, 5.74) is 4.43. The SMILES string of the molecule is COc1ccc(C(C)=NNC(=O)c2ccccn2)cc1. The Hall–Kier alpha value is -2.69. The van der Waals surface area contributed by atoms with Crippen LogP contribution < -0.4 is 10.2 Å². The Morgan fingerprint density at radius 2 is 1.95 bits per heavy atom. The molecular formula is C15H15N3O2. The maximum absolute atomic E-state index is 11.8. The minimum absolute atomic E-state index is 0.332. The van der Waals surface area contributed by atoms with Crippen LogP contribution >= 0.6 is 0 Å². The molecule has 2 aromatic rings. The highest BCUT2D eigenvalue weighted by atomic mass is 16.5. The van der Waals surface area contributed by atoms with Gasteiger partial charge in [0.25, 0.3) is 5.91 Å². The number of ether oxygens (including phenoxy) is 1. The quantitative estimate of drug-likeness (QED) is 0.684. The molecule has 5 nitrogen and oxygen atoms in total. The number of hydrogen-bond donors (Lipinski definition) is 1. The van der Waals surface area contributed by atoms with Crippen LogP contribution in [0.5, 0.6) is 5.75 Å². The summed E-state index contributed by atoms with van der Waals surface area (Å²) >= 11 is 0. The van der Waals surface area contributed by atoms with Crippen molar-refractivity contribution in [1.29, 1.82) is 0 Å². The fourth-order valence-electron chi connectivity index (χ4n) is 1.59. The number of hydrazone groups is 1. The number of carbonyl (C=O) groups is 1. The molecule has 1 aromatic carbocycles. The molecule has 1 heterocycles. The normalized spacial score (nSPS) is 11.0. The summed E-state index contributed by atoms with van der Waals surface area (Å²) in [4.78, 5) is 15.7. The van der Waals surface area contributed by atoms with Crippen molar-refractivity contribution in [1.82, 2.24) is 10.4 Å². The average molecular weight is 269 g/mol. The Balaban J connectivity index is 2.05. The molecule has 5 heteroatoms. The van der Waals surface area contributed by atoms with E-state index in [1.54, 1.807) is 31.5 Å². The molecule has 1 amide bonds. The third-order valence-electron chi connectivity index (χ3n) is 2.73. The lowest BCUT2D eigenvalue weighted by Gasteiger charge is -2.04. The standard InChI is InChI=1S/C15H15N3O2/c1-11(12-6-8-13(20-2)9-7-12)17-18-15(19)14-5-3-4-10-16-14/h3-10H,1-2H3,(H,18,19). The van der Waals surface area contributed by atoms with Crippen molar-refractivity contribution in [2.75, 3.05) is 7.11 Å². The Morgan fingerprint density at radius 1 is 1.20 bits per heavy atom. The molecule has 0 saturated heterocycles. The van der Waals surface area contributed by atoms with E-state index in [9.17, 15) is 4.79 Å². The topological polar surface area (TPSA) is 63.6 Å². The van der Waals surface area contributed by atoms with Gasteiger partial charge in [0.15, 0.2) is 0 Å². The molecule has 20 heavy (non-hydrogen) atoms. The van der Waals surface area contributed by atoms with Crippen LogP contribution in [0, 0.1) is 0 Å². The van der Waals surface area contributed by atoms with Gasteiger partial charge < -0.3 is 4.74 Å². The van der Waals surface area contributed by atoms with E-state index in [0.717, 1.165) is 11.3 Å². The van der Waals surface area contributed by atoms with E-state index in [4.69, 9.17) is 4.74 Å². The van der Waals surface area contributed by atoms with E-state index < -0.39 is 0 Å². The molecule has 0 radical (unpaired) electrons. The van der Waals surface area contributed by atoms with Crippen LogP contribution in [0.25, 0.3) is 0 Å². The molecule has 0 saturated carbocycles. The van der Waals surface area contributed by atoms with Gasteiger partial charge in [-0.25, -0.2) is 5.43 Å². The number of aromatic nitrogens is 1. The van der Waals surface area contributed by atoms with Crippen molar-refractivity contribution < 1.29 is 9.53 Å². The van der Waals surface area contributed by atoms with Crippen molar-refractivity contribution in [3.05, 3.63) is 59.9 Å². The molecule has 0 fully saturated rings. The fraction of sp³-hybridized carbons (Fsp3) is 0.133. The summed E-state index contributed by atoms with van der Waals surface area (Å²) in [6.07, 6.45) is 1.56. The molecule has 102 valence electrons. The van der Waals surface area contributed by atoms with E-state index in [1.807, 2.05) is 31.2 Å². The van der Waals surface area contributed by atoms with Crippen LogP contribution in [0.4, 0.5) is 0 Å². The van der Waals surface area contributed by atoms with Crippen LogP contribution in [-0.2, 0) is 0 Å². The van der Waals surface area contributed by atoms with Crippen LogP contribution in [0.3, 0.4) is 0 Å². The van der Waals surface area contributed by atoms with Crippen molar-refractivity contribution in [3.8, 4) is 5.75 Å². The van der Waals surface area contributed by atoms with Crippen molar-refractivity contribution in [2.45, 2.75) is 6.92 Å². The molecular weight excluding hydrogens is 254 g/mol. The Bertz CT molecular complexity index is 607. The number of hydrogen-bond acceptors (Lipinski definition) is 4. The maximum Gasteiger partial charge on any atom is 0.289 e. The summed E-state index contributed by atoms with van der Waals surface area (Å²) in [6.45, 7) is 1.82. The zero-order valence-corrected chi connectivity index (χ0v) is 11.3. The largest absolute Gasteiger partial charge is 0.497 e. The lowest BCUT2D eigenvalue weighted by atomic mass is 10.1. The van der Waals surface area contributed by atoms with Gasteiger partial charge >= 0.3 is 0 Å². The molecule has 1 N–H and O–H groups in total. The summed E-state index contributed by atoms with van der Waals surface area (Å²) in [5.74, 6) is 0.442. The third-order valence-corrected chi connectivity index (χ3v) is 2.73. The lowest BCUT2D eigenvalue weighted by molar-refractivity contribution is 0.0950. The maximum atomic E-state index is 11.8. The van der Waals surface area contributed by atoms with Gasteiger partial charge in [-0.3, -0.25) is 9.78 Å². The van der Waals surface area contributed by atoms with Gasteiger partial charge in [0.2, 0.25) is 0 Å². The molecule has 0 aliphatic heterocycles. The predicted molar refractivity (Wildman–Crippen MR) is 76.9 cm³/mol. The van der Waals surface area contributed by atoms with Crippen molar-refractivity contribution in [2.24, 2.45) is 5.10 Å². The highest BCUT2D eigenvalue weighted by Crippen LogP contribution is 2.11. The number of nitrogens with one attached hydrogen (secondary N) is 1. The fourth-order valence-corrected chi connectivity index (χ4v) is 1.59. The molecule has 2 rings (SSSR count). The number of rotatable bonds is 4. The van der Waals surface area contributed by atoms with Gasteiger partial charge in [0.1, 0.15) is 11.4 Å². The first kappa shape index (κ1) is 13.7. The van der Waals surface area contributed by atoms with Crippen LogP contribution in [0.2, 0.25) is 0 Å². The van der Waals surface area contributed by atoms with Crippen LogP contribution in [0.1, 0.15) is 23.0 Å². The van der Waals surface area contributed by atoms with Crippen LogP contribution in [0.15, 0.2) is 53.8 Å². The van der Waals surface area contributed by atoms with Crippen LogP contribution in [-0.4, -0.2) is 23.7 Å². The number of benzene rings is 1. The second kappa shape index (κ2) is 6.47. The first-order valence-corrected chi connectivity index (χ1v) is 6.11. The third kappa shape index (κ3) is 3.41. The summed E-state index contributed by atoms with van der Waals surface area (Å²) in [5, 5.41) is 4.06. The number of nitrogens with zero attached hydrogens (tertiary/aromatic N) is 2. The molecule has 0 atom stereocenters. The van der Waals surface area contributed by atoms with Gasteiger partial charge in [-0.15, -0.1) is 0 Å². The minimum Gasteiger partial charge on any atom is -0.497 e. The summed E-state index contributed by atoms with van der Waals surface area (Å²) in [7, 11) is 1.61. The molecule has 0 unspecified atom stereocenters. The van der Waals surface area contributed by atoms with Gasteiger partial charge in [-0.1, -0.05) is 6.07 Å². The van der Waals surface area contributed by atoms with E-state index in [-0.39, 0.29) is 5.91 Å². The number of pyridine rings is 1. The van der Waals surface area contributed by atoms with Gasteiger partial charge in [-0.2, -0.15) is 5.10 Å². The molecule has 0 spiro atoms. The lowest BCUT2D eigenvalue weighted by Crippen LogP contribution is -2.20. The number of carbonyl (C=O) groups excluding carboxylic acids is 1. The number of methoxy groups -OCH3 is 1. The first-order chi connectivity index (χ1) is 9.70. The monoisotopic (exact) mass is 269 g/mol. The smallest absolute Gasteiger partial charge is 0.289 e. The predicted octanol–water partition coefficient (Wildman–Crippen LogP) is 2.24. The van der Waals surface area contributed by atoms with Crippen molar-refractivity contribution in [3.63, 3.8) is 0 Å². The van der Waals surface area contributed by atoms with Gasteiger partial charge in [0.05, 0.1) is 12.8 Å². The molecule has 1 aromatic heterocycles. The second-order valence-corrected chi connectivity index (χ2v) is 4.08. The summed E-state index contributed by atoms with van der Waals surface area (Å²) in [6, 6.07) is 12.6. The zero-order valence-electron chi connectivity index (χ0n) is 11.3. The highest BCUT2D eigenvalue weighted by molar-refractivity contribution is 6.00. The minimum atomic E-state index is -0.335. The Kier molecular flexibility index (Phi) is 4.44. The van der Waals surface area contributed by atoms with Gasteiger partial charge in [-0.05, 0) is 48.9 Å². The zero-order chi connectivity index (χ0) is 14.4. The average Bonchev–Trinajstić information content (AvgIpc) is 2.53. The van der Waals surface area contributed by atoms with E-state index in [1.165, 1.54) is 0 Å². The highest BCUT2D eigenvalue weighted by Gasteiger charge is 2.05. The second-order valence-electron chi connectivity index (χ2n) is 4.08. The van der Waals surface area contributed by atoms with E-state index in [2.05, 4.69) is 15.5 Å².